The van der Waals surface area contributed by atoms with E-state index in [0.29, 0.717) is 5.25 Å². The van der Waals surface area contributed by atoms with Crippen LogP contribution in [0.15, 0.2) is 43.5 Å². The Balaban J connectivity index is 3.34. The van der Waals surface area contributed by atoms with Gasteiger partial charge in [0.1, 0.15) is 0 Å². The Labute approximate surface area is 233 Å². The molecule has 37 heavy (non-hydrogen) atoms. The highest BCUT2D eigenvalue weighted by Gasteiger charge is 2.17. The van der Waals surface area contributed by atoms with E-state index in [9.17, 15) is 0 Å². The Morgan fingerprint density at radius 3 is 1.65 bits per heavy atom. The number of thioether (sulfide) groups is 1. The third kappa shape index (κ3) is 8.84. The van der Waals surface area contributed by atoms with Crippen molar-refractivity contribution in [3.05, 3.63) is 61.4 Å². The number of allylic oxidation sites excluding steroid dienone is 5. The van der Waals surface area contributed by atoms with Crippen LogP contribution < -0.4 is 0 Å². The quantitative estimate of drug-likeness (QED) is 0.209. The van der Waals surface area contributed by atoms with Crippen LogP contribution in [0.4, 0.5) is 5.69 Å². The fraction of sp³-hybridized carbons (Fsp3) is 0.588. The molecule has 1 atom stereocenters. The van der Waals surface area contributed by atoms with E-state index in [0.717, 1.165) is 23.6 Å². The minimum Gasteiger partial charge on any atom is -0.257 e. The summed E-state index contributed by atoms with van der Waals surface area (Å²) in [5.74, 6) is 0.918. The molecule has 1 aromatic rings. The fourth-order valence-electron chi connectivity index (χ4n) is 4.55. The SMILES string of the molecule is CCCCC(SCC(C)=Nc1c(C)c(C)c(C)c(C)c1C)C(C)=NC(=C(C)C)/C(C)=C(/C)C(C)=C(C)C. The molecule has 0 amide bonds. The molecule has 0 N–H and O–H groups in total. The maximum atomic E-state index is 5.27. The van der Waals surface area contributed by atoms with Gasteiger partial charge in [0.05, 0.1) is 11.4 Å². The van der Waals surface area contributed by atoms with Gasteiger partial charge >= 0.3 is 0 Å². The van der Waals surface area contributed by atoms with Crippen molar-refractivity contribution in [2.75, 3.05) is 5.75 Å². The molecule has 0 bridgehead atoms. The summed E-state index contributed by atoms with van der Waals surface area (Å²) in [6.07, 6.45) is 3.56. The molecule has 0 saturated heterocycles. The Kier molecular flexibility index (Phi) is 13.4. The van der Waals surface area contributed by atoms with Crippen LogP contribution in [-0.2, 0) is 0 Å². The van der Waals surface area contributed by atoms with E-state index in [4.69, 9.17) is 9.98 Å². The smallest absolute Gasteiger partial charge is 0.0693 e. The van der Waals surface area contributed by atoms with E-state index in [1.807, 2.05) is 11.8 Å². The predicted octanol–water partition coefficient (Wildman–Crippen LogP) is 11.1. The van der Waals surface area contributed by atoms with Gasteiger partial charge in [-0.05, 0) is 148 Å². The maximum absolute atomic E-state index is 5.27. The summed E-state index contributed by atoms with van der Waals surface area (Å²) < 4.78 is 0. The van der Waals surface area contributed by atoms with Gasteiger partial charge in [-0.2, -0.15) is 0 Å². The molecule has 0 aliphatic carbocycles. The number of aliphatic imine (C=N–C) groups is 2. The lowest BCUT2D eigenvalue weighted by atomic mass is 9.93. The van der Waals surface area contributed by atoms with Gasteiger partial charge in [0.2, 0.25) is 0 Å². The van der Waals surface area contributed by atoms with Gasteiger partial charge in [0.15, 0.2) is 0 Å². The number of hydrogen-bond acceptors (Lipinski definition) is 3. The number of hydrogen-bond donors (Lipinski definition) is 0. The van der Waals surface area contributed by atoms with Crippen LogP contribution in [0.3, 0.4) is 0 Å². The van der Waals surface area contributed by atoms with Crippen molar-refractivity contribution >= 4 is 28.9 Å². The van der Waals surface area contributed by atoms with Gasteiger partial charge in [-0.1, -0.05) is 30.9 Å². The molecule has 0 spiro atoms. The second kappa shape index (κ2) is 14.9. The van der Waals surface area contributed by atoms with Crippen LogP contribution in [0, 0.1) is 34.6 Å². The molecular weight excluding hydrogens is 468 g/mol. The summed E-state index contributed by atoms with van der Waals surface area (Å²) in [6, 6.07) is 0. The molecule has 0 fully saturated rings. The van der Waals surface area contributed by atoms with Gasteiger partial charge in [0, 0.05) is 22.4 Å². The molecule has 0 aromatic heterocycles. The molecule has 0 aliphatic rings. The molecule has 1 unspecified atom stereocenters. The summed E-state index contributed by atoms with van der Waals surface area (Å²) in [6.45, 7) is 33.2. The molecule has 2 nitrogen and oxygen atoms in total. The van der Waals surface area contributed by atoms with Gasteiger partial charge < -0.3 is 0 Å². The van der Waals surface area contributed by atoms with Gasteiger partial charge in [0.25, 0.3) is 0 Å². The lowest BCUT2D eigenvalue weighted by Gasteiger charge is -2.19. The largest absolute Gasteiger partial charge is 0.257 e. The lowest BCUT2D eigenvalue weighted by Crippen LogP contribution is -2.17. The summed E-state index contributed by atoms with van der Waals surface area (Å²) in [5.41, 5.74) is 18.0. The molecule has 1 rings (SSSR count). The first-order valence-corrected chi connectivity index (χ1v) is 15.0. The first kappa shape index (κ1) is 33.2. The zero-order valence-corrected chi connectivity index (χ0v) is 27.5. The normalized spacial score (nSPS) is 13.9. The van der Waals surface area contributed by atoms with Crippen molar-refractivity contribution in [3.63, 3.8) is 0 Å². The average Bonchev–Trinajstić information content (AvgIpc) is 2.85. The molecular formula is C34H54N2S. The van der Waals surface area contributed by atoms with Gasteiger partial charge in [-0.15, -0.1) is 11.8 Å². The topological polar surface area (TPSA) is 24.7 Å². The van der Waals surface area contributed by atoms with Crippen LogP contribution in [0.1, 0.15) is 116 Å². The van der Waals surface area contributed by atoms with Crippen LogP contribution >= 0.6 is 11.8 Å². The average molecular weight is 523 g/mol. The monoisotopic (exact) mass is 522 g/mol. The molecule has 0 aliphatic heterocycles. The summed E-state index contributed by atoms with van der Waals surface area (Å²) >= 11 is 2.00. The van der Waals surface area contributed by atoms with E-state index in [-0.39, 0.29) is 0 Å². The van der Waals surface area contributed by atoms with Crippen molar-refractivity contribution in [2.24, 2.45) is 9.98 Å². The maximum Gasteiger partial charge on any atom is 0.0693 e. The van der Waals surface area contributed by atoms with E-state index in [2.05, 4.69) is 104 Å². The molecule has 3 heteroatoms. The third-order valence-electron chi connectivity index (χ3n) is 8.03. The minimum absolute atomic E-state index is 0.390. The zero-order chi connectivity index (χ0) is 28.6. The molecule has 1 aromatic carbocycles. The van der Waals surface area contributed by atoms with Crippen LogP contribution in [-0.4, -0.2) is 22.4 Å². The molecule has 0 radical (unpaired) electrons. The third-order valence-corrected chi connectivity index (χ3v) is 9.60. The number of nitrogens with zero attached hydrogens (tertiary/aromatic N) is 2. The summed E-state index contributed by atoms with van der Waals surface area (Å²) in [4.78, 5) is 10.4. The highest BCUT2D eigenvalue weighted by molar-refractivity contribution is 8.01. The highest BCUT2D eigenvalue weighted by atomic mass is 32.2. The van der Waals surface area contributed by atoms with Crippen LogP contribution in [0.5, 0.6) is 0 Å². The Hall–Kier alpha value is -1.87. The number of unbranched alkanes of at least 4 members (excludes halogenated alkanes) is 1. The van der Waals surface area contributed by atoms with Crippen LogP contribution in [0.2, 0.25) is 0 Å². The first-order valence-electron chi connectivity index (χ1n) is 13.9. The van der Waals surface area contributed by atoms with E-state index in [1.165, 1.54) is 79.9 Å². The summed E-state index contributed by atoms with van der Waals surface area (Å²) in [7, 11) is 0. The zero-order valence-electron chi connectivity index (χ0n) is 26.7. The van der Waals surface area contributed by atoms with E-state index >= 15 is 0 Å². The lowest BCUT2D eigenvalue weighted by molar-refractivity contribution is 0.748. The van der Waals surface area contributed by atoms with Crippen molar-refractivity contribution in [2.45, 2.75) is 128 Å². The molecule has 0 heterocycles. The second-order valence-corrected chi connectivity index (χ2v) is 12.4. The van der Waals surface area contributed by atoms with Crippen molar-refractivity contribution in [1.82, 2.24) is 0 Å². The molecule has 206 valence electrons. The summed E-state index contributed by atoms with van der Waals surface area (Å²) in [5, 5.41) is 0.390. The van der Waals surface area contributed by atoms with E-state index < -0.39 is 0 Å². The van der Waals surface area contributed by atoms with Crippen molar-refractivity contribution in [3.8, 4) is 0 Å². The fourth-order valence-corrected chi connectivity index (χ4v) is 5.68. The Morgan fingerprint density at radius 2 is 1.19 bits per heavy atom. The highest BCUT2D eigenvalue weighted by Crippen LogP contribution is 2.33. The van der Waals surface area contributed by atoms with Gasteiger partial charge in [-0.25, -0.2) is 0 Å². The van der Waals surface area contributed by atoms with Gasteiger partial charge in [-0.3, -0.25) is 9.98 Å². The Morgan fingerprint density at radius 1 is 0.676 bits per heavy atom. The molecule has 0 saturated carbocycles. The predicted molar refractivity (Wildman–Crippen MR) is 173 cm³/mol. The van der Waals surface area contributed by atoms with E-state index in [1.54, 1.807) is 0 Å². The minimum atomic E-state index is 0.390. The number of benzene rings is 1. The number of rotatable bonds is 11. The van der Waals surface area contributed by atoms with Crippen molar-refractivity contribution in [1.29, 1.82) is 0 Å². The first-order chi connectivity index (χ1) is 17.1. The van der Waals surface area contributed by atoms with Crippen molar-refractivity contribution < 1.29 is 0 Å². The van der Waals surface area contributed by atoms with Crippen LogP contribution in [0.25, 0.3) is 0 Å². The second-order valence-electron chi connectivity index (χ2n) is 11.2. The standard InChI is InChI=1S/C34H54N2S/c1-16-17-18-32(31(15)36-33(21(4)5)28(12)24(8)23(7)20(2)3)37-19-22(6)35-34-29(13)26(10)25(9)27(11)30(34)14/h32H,16-19H2,1-15H3/b28-24-,35-22?,36-31?. The Bertz CT molecular complexity index is 1100.